The third-order valence-electron chi connectivity index (χ3n) is 4.62. The predicted molar refractivity (Wildman–Crippen MR) is 100 cm³/mol. The molecule has 2 aromatic rings. The fourth-order valence-corrected chi connectivity index (χ4v) is 3.14. The van der Waals surface area contributed by atoms with Gasteiger partial charge in [0.25, 0.3) is 0 Å². The number of benzene rings is 2. The van der Waals surface area contributed by atoms with Gasteiger partial charge in [0.05, 0.1) is 5.92 Å². The summed E-state index contributed by atoms with van der Waals surface area (Å²) in [4.78, 5) is 37.8. The van der Waals surface area contributed by atoms with Crippen LogP contribution in [-0.4, -0.2) is 30.7 Å². The lowest BCUT2D eigenvalue weighted by Crippen LogP contribution is -2.34. The number of anilines is 1. The van der Waals surface area contributed by atoms with Crippen LogP contribution < -0.4 is 10.2 Å². The molecule has 5 heteroatoms. The number of nitrogens with zero attached hydrogens (tertiary/aromatic N) is 1. The van der Waals surface area contributed by atoms with Gasteiger partial charge >= 0.3 is 0 Å². The molecule has 3 rings (SSSR count). The Bertz CT molecular complexity index is 817. The first-order valence-electron chi connectivity index (χ1n) is 8.77. The third kappa shape index (κ3) is 4.17. The number of ketones is 1. The Morgan fingerprint density at radius 1 is 1.12 bits per heavy atom. The van der Waals surface area contributed by atoms with E-state index in [0.29, 0.717) is 24.3 Å². The topological polar surface area (TPSA) is 66.5 Å². The number of hydrogen-bond donors (Lipinski definition) is 1. The summed E-state index contributed by atoms with van der Waals surface area (Å²) >= 11 is 0. The van der Waals surface area contributed by atoms with E-state index in [1.807, 2.05) is 30.3 Å². The van der Waals surface area contributed by atoms with Crippen molar-refractivity contribution in [3.05, 3.63) is 65.7 Å². The highest BCUT2D eigenvalue weighted by molar-refractivity contribution is 6.02. The molecule has 134 valence electrons. The fourth-order valence-electron chi connectivity index (χ4n) is 3.14. The van der Waals surface area contributed by atoms with E-state index in [9.17, 15) is 14.4 Å². The SMILES string of the molecule is CC(=O)c1cccc(N2CC(C(=O)NCCc3ccccc3)CC2=O)c1. The largest absolute Gasteiger partial charge is 0.355 e. The van der Waals surface area contributed by atoms with E-state index in [4.69, 9.17) is 0 Å². The minimum absolute atomic E-state index is 0.0475. The highest BCUT2D eigenvalue weighted by Gasteiger charge is 2.35. The van der Waals surface area contributed by atoms with E-state index >= 15 is 0 Å². The summed E-state index contributed by atoms with van der Waals surface area (Å²) in [5, 5.41) is 2.92. The van der Waals surface area contributed by atoms with Gasteiger partial charge in [-0.3, -0.25) is 14.4 Å². The summed E-state index contributed by atoms with van der Waals surface area (Å²) in [5.41, 5.74) is 2.39. The van der Waals surface area contributed by atoms with Crippen molar-refractivity contribution >= 4 is 23.3 Å². The Morgan fingerprint density at radius 2 is 1.88 bits per heavy atom. The van der Waals surface area contributed by atoms with Crippen molar-refractivity contribution in [2.45, 2.75) is 19.8 Å². The molecule has 5 nitrogen and oxygen atoms in total. The molecule has 1 unspecified atom stereocenters. The Kier molecular flexibility index (Phi) is 5.46. The highest BCUT2D eigenvalue weighted by atomic mass is 16.2. The van der Waals surface area contributed by atoms with Crippen LogP contribution in [0.25, 0.3) is 0 Å². The lowest BCUT2D eigenvalue weighted by molar-refractivity contribution is -0.126. The molecule has 0 bridgehead atoms. The third-order valence-corrected chi connectivity index (χ3v) is 4.62. The van der Waals surface area contributed by atoms with E-state index in [0.717, 1.165) is 12.0 Å². The lowest BCUT2D eigenvalue weighted by atomic mass is 10.1. The fraction of sp³-hybridized carbons (Fsp3) is 0.286. The van der Waals surface area contributed by atoms with Crippen LogP contribution in [-0.2, 0) is 16.0 Å². The molecule has 1 heterocycles. The standard InChI is InChI=1S/C21H22N2O3/c1-15(24)17-8-5-9-19(12-17)23-14-18(13-20(23)25)21(26)22-11-10-16-6-3-2-4-7-16/h2-9,12,18H,10-11,13-14H2,1H3,(H,22,26). The van der Waals surface area contributed by atoms with E-state index in [-0.39, 0.29) is 29.9 Å². The molecule has 2 aromatic carbocycles. The van der Waals surface area contributed by atoms with Crippen molar-refractivity contribution in [1.82, 2.24) is 5.32 Å². The van der Waals surface area contributed by atoms with Crippen molar-refractivity contribution < 1.29 is 14.4 Å². The first kappa shape index (κ1) is 17.9. The normalized spacial score (nSPS) is 16.6. The molecule has 0 radical (unpaired) electrons. The second-order valence-electron chi connectivity index (χ2n) is 6.54. The van der Waals surface area contributed by atoms with Gasteiger partial charge in [-0.2, -0.15) is 0 Å². The van der Waals surface area contributed by atoms with Gasteiger partial charge in [-0.05, 0) is 31.0 Å². The predicted octanol–water partition coefficient (Wildman–Crippen LogP) is 2.60. The van der Waals surface area contributed by atoms with E-state index in [1.165, 1.54) is 6.92 Å². The van der Waals surface area contributed by atoms with Gasteiger partial charge in [-0.1, -0.05) is 42.5 Å². The van der Waals surface area contributed by atoms with Gasteiger partial charge in [-0.15, -0.1) is 0 Å². The second-order valence-corrected chi connectivity index (χ2v) is 6.54. The van der Waals surface area contributed by atoms with Crippen LogP contribution in [0.1, 0.15) is 29.3 Å². The number of hydrogen-bond acceptors (Lipinski definition) is 3. The second kappa shape index (κ2) is 7.95. The van der Waals surface area contributed by atoms with Gasteiger partial charge < -0.3 is 10.2 Å². The Labute approximate surface area is 153 Å². The molecule has 26 heavy (non-hydrogen) atoms. The molecule has 0 aliphatic carbocycles. The molecule has 1 N–H and O–H groups in total. The van der Waals surface area contributed by atoms with Crippen LogP contribution in [0.4, 0.5) is 5.69 Å². The lowest BCUT2D eigenvalue weighted by Gasteiger charge is -2.17. The van der Waals surface area contributed by atoms with Crippen LogP contribution in [0, 0.1) is 5.92 Å². The number of amides is 2. The molecule has 1 aliphatic heterocycles. The molecular formula is C21H22N2O3. The van der Waals surface area contributed by atoms with Crippen molar-refractivity contribution in [2.24, 2.45) is 5.92 Å². The molecule has 1 saturated heterocycles. The number of Topliss-reactive ketones (excluding diaryl/α,β-unsaturated/α-hetero) is 1. The minimum Gasteiger partial charge on any atom is -0.355 e. The molecule has 1 aliphatic rings. The van der Waals surface area contributed by atoms with Gasteiger partial charge in [0.1, 0.15) is 0 Å². The van der Waals surface area contributed by atoms with Crippen molar-refractivity contribution in [3.8, 4) is 0 Å². The average Bonchev–Trinajstić information content (AvgIpc) is 3.04. The van der Waals surface area contributed by atoms with Crippen LogP contribution in [0.15, 0.2) is 54.6 Å². The molecule has 0 saturated carbocycles. The number of carbonyl (C=O) groups excluding carboxylic acids is 3. The number of rotatable bonds is 6. The molecule has 1 atom stereocenters. The van der Waals surface area contributed by atoms with Gasteiger partial charge in [-0.25, -0.2) is 0 Å². The van der Waals surface area contributed by atoms with E-state index < -0.39 is 0 Å². The zero-order chi connectivity index (χ0) is 18.5. The first-order valence-corrected chi connectivity index (χ1v) is 8.77. The molecule has 0 spiro atoms. The smallest absolute Gasteiger partial charge is 0.227 e. The van der Waals surface area contributed by atoms with Crippen LogP contribution in [0.5, 0.6) is 0 Å². The zero-order valence-electron chi connectivity index (χ0n) is 14.8. The minimum atomic E-state index is -0.362. The van der Waals surface area contributed by atoms with Crippen LogP contribution >= 0.6 is 0 Å². The monoisotopic (exact) mass is 350 g/mol. The van der Waals surface area contributed by atoms with Gasteiger partial charge in [0.2, 0.25) is 11.8 Å². The van der Waals surface area contributed by atoms with Gasteiger partial charge in [0.15, 0.2) is 5.78 Å². The van der Waals surface area contributed by atoms with Crippen molar-refractivity contribution in [1.29, 1.82) is 0 Å². The van der Waals surface area contributed by atoms with Gasteiger partial charge in [0, 0.05) is 30.8 Å². The average molecular weight is 350 g/mol. The van der Waals surface area contributed by atoms with Crippen LogP contribution in [0.3, 0.4) is 0 Å². The summed E-state index contributed by atoms with van der Waals surface area (Å²) in [6, 6.07) is 16.9. The summed E-state index contributed by atoms with van der Waals surface area (Å²) < 4.78 is 0. The Morgan fingerprint density at radius 3 is 2.62 bits per heavy atom. The maximum atomic E-state index is 12.4. The van der Waals surface area contributed by atoms with Crippen molar-refractivity contribution in [2.75, 3.05) is 18.0 Å². The molecule has 1 fully saturated rings. The van der Waals surface area contributed by atoms with Crippen LogP contribution in [0.2, 0.25) is 0 Å². The summed E-state index contributed by atoms with van der Waals surface area (Å²) in [6.07, 6.45) is 0.957. The highest BCUT2D eigenvalue weighted by Crippen LogP contribution is 2.26. The maximum absolute atomic E-state index is 12.4. The first-order chi connectivity index (χ1) is 12.5. The Balaban J connectivity index is 1.57. The van der Waals surface area contributed by atoms with Crippen molar-refractivity contribution in [3.63, 3.8) is 0 Å². The summed E-state index contributed by atoms with van der Waals surface area (Å²) in [7, 11) is 0. The zero-order valence-corrected chi connectivity index (χ0v) is 14.8. The quantitative estimate of drug-likeness (QED) is 0.815. The maximum Gasteiger partial charge on any atom is 0.227 e. The molecule has 2 amide bonds. The molecular weight excluding hydrogens is 328 g/mol. The molecule has 0 aromatic heterocycles. The number of carbonyl (C=O) groups is 3. The summed E-state index contributed by atoms with van der Waals surface area (Å²) in [6.45, 7) is 2.39. The summed E-state index contributed by atoms with van der Waals surface area (Å²) in [5.74, 6) is -0.596. The van der Waals surface area contributed by atoms with E-state index in [1.54, 1.807) is 29.2 Å². The Hall–Kier alpha value is -2.95. The van der Waals surface area contributed by atoms with E-state index in [2.05, 4.69) is 5.32 Å². The number of nitrogens with one attached hydrogen (secondary N) is 1.